The van der Waals surface area contributed by atoms with Gasteiger partial charge in [-0.05, 0) is 37.1 Å². The Morgan fingerprint density at radius 1 is 1.18 bits per heavy atom. The van der Waals surface area contributed by atoms with Crippen LogP contribution in [-0.2, 0) is 17.9 Å². The van der Waals surface area contributed by atoms with Crippen molar-refractivity contribution in [3.05, 3.63) is 34.9 Å². The van der Waals surface area contributed by atoms with Gasteiger partial charge >= 0.3 is 0 Å². The van der Waals surface area contributed by atoms with Crippen molar-refractivity contribution in [2.24, 2.45) is 0 Å². The fraction of sp³-hybridized carbons (Fsp3) is 0.500. The maximum Gasteiger partial charge on any atom is 0.254 e. The van der Waals surface area contributed by atoms with E-state index < -0.39 is 5.54 Å². The maximum atomic E-state index is 12.8. The molecular weight excluding hydrogens is 302 g/mol. The third-order valence-electron chi connectivity index (χ3n) is 4.53. The van der Waals surface area contributed by atoms with Gasteiger partial charge in [0.25, 0.3) is 5.91 Å². The molecule has 2 heterocycles. The summed E-state index contributed by atoms with van der Waals surface area (Å²) in [6, 6.07) is 5.83. The molecule has 1 fully saturated rings. The second-order valence-electron chi connectivity index (χ2n) is 6.33. The lowest BCUT2D eigenvalue weighted by Gasteiger charge is -2.44. The zero-order chi connectivity index (χ0) is 15.2. The highest BCUT2D eigenvalue weighted by Gasteiger charge is 2.43. The minimum atomic E-state index is -0.790. The molecular formula is C16H22ClN3O2. The molecule has 1 aromatic rings. The number of piperazine rings is 1. The predicted molar refractivity (Wildman–Crippen MR) is 87.0 cm³/mol. The van der Waals surface area contributed by atoms with E-state index in [0.29, 0.717) is 18.7 Å². The van der Waals surface area contributed by atoms with Crippen molar-refractivity contribution in [3.63, 3.8) is 0 Å². The summed E-state index contributed by atoms with van der Waals surface area (Å²) in [4.78, 5) is 28.5. The number of carbonyl (C=O) groups excluding carboxylic acids is 2. The van der Waals surface area contributed by atoms with E-state index in [1.807, 2.05) is 32.0 Å². The number of fused-ring (bicyclic) bond motifs is 1. The van der Waals surface area contributed by atoms with Gasteiger partial charge in [-0.15, -0.1) is 12.4 Å². The van der Waals surface area contributed by atoms with E-state index in [0.717, 1.165) is 13.1 Å². The van der Waals surface area contributed by atoms with E-state index in [4.69, 9.17) is 0 Å². The third-order valence-corrected chi connectivity index (χ3v) is 4.53. The second-order valence-corrected chi connectivity index (χ2v) is 6.33. The summed E-state index contributed by atoms with van der Waals surface area (Å²) in [6.07, 6.45) is 0. The normalized spacial score (nSPS) is 19.7. The Morgan fingerprint density at radius 3 is 2.59 bits per heavy atom. The molecule has 2 aliphatic heterocycles. The van der Waals surface area contributed by atoms with E-state index >= 15 is 0 Å². The lowest BCUT2D eigenvalue weighted by atomic mass is 9.96. The molecule has 0 aromatic heterocycles. The van der Waals surface area contributed by atoms with Gasteiger partial charge in [0.15, 0.2) is 0 Å². The molecule has 6 heteroatoms. The topological polar surface area (TPSA) is 52.6 Å². The minimum absolute atomic E-state index is 0. The summed E-state index contributed by atoms with van der Waals surface area (Å²) in [7, 11) is 1.78. The molecule has 1 saturated heterocycles. The van der Waals surface area contributed by atoms with Crippen LogP contribution in [0.25, 0.3) is 0 Å². The van der Waals surface area contributed by atoms with Crippen LogP contribution >= 0.6 is 12.4 Å². The number of carbonyl (C=O) groups is 2. The SMILES string of the molecule is CN1CCN(C(=O)c2ccc3c(c2)CNC3)C(C)(C)C1=O.Cl. The average Bonchev–Trinajstić information content (AvgIpc) is 2.91. The molecule has 22 heavy (non-hydrogen) atoms. The smallest absolute Gasteiger partial charge is 0.254 e. The molecule has 120 valence electrons. The van der Waals surface area contributed by atoms with Crippen LogP contribution in [0.2, 0.25) is 0 Å². The molecule has 0 atom stereocenters. The van der Waals surface area contributed by atoms with E-state index in [1.165, 1.54) is 11.1 Å². The summed E-state index contributed by atoms with van der Waals surface area (Å²) in [5.74, 6) is -0.0684. The maximum absolute atomic E-state index is 12.8. The van der Waals surface area contributed by atoms with Gasteiger partial charge in [-0.1, -0.05) is 6.07 Å². The van der Waals surface area contributed by atoms with Crippen LogP contribution in [0.1, 0.15) is 35.3 Å². The molecule has 0 saturated carbocycles. The molecule has 0 aliphatic carbocycles. The zero-order valence-corrected chi connectivity index (χ0v) is 14.0. The minimum Gasteiger partial charge on any atom is -0.342 e. The van der Waals surface area contributed by atoms with Crippen molar-refractivity contribution in [1.82, 2.24) is 15.1 Å². The van der Waals surface area contributed by atoms with Gasteiger partial charge in [-0.25, -0.2) is 0 Å². The van der Waals surface area contributed by atoms with Gasteiger partial charge in [-0.2, -0.15) is 0 Å². The van der Waals surface area contributed by atoms with Crippen LogP contribution in [-0.4, -0.2) is 47.3 Å². The molecule has 2 amide bonds. The van der Waals surface area contributed by atoms with E-state index in [2.05, 4.69) is 5.32 Å². The molecule has 0 radical (unpaired) electrons. The number of likely N-dealkylation sites (N-methyl/N-ethyl adjacent to an activating group) is 1. The predicted octanol–water partition coefficient (Wildman–Crippen LogP) is 1.40. The van der Waals surface area contributed by atoms with Crippen LogP contribution in [0.4, 0.5) is 0 Å². The Hall–Kier alpha value is -1.59. The number of nitrogens with zero attached hydrogens (tertiary/aromatic N) is 2. The van der Waals surface area contributed by atoms with Gasteiger partial charge < -0.3 is 15.1 Å². The summed E-state index contributed by atoms with van der Waals surface area (Å²) in [5.41, 5.74) is 2.31. The summed E-state index contributed by atoms with van der Waals surface area (Å²) >= 11 is 0. The molecule has 1 aromatic carbocycles. The van der Waals surface area contributed by atoms with Crippen molar-refractivity contribution < 1.29 is 9.59 Å². The summed E-state index contributed by atoms with van der Waals surface area (Å²) in [5, 5.41) is 3.28. The largest absolute Gasteiger partial charge is 0.342 e. The Morgan fingerprint density at radius 2 is 1.86 bits per heavy atom. The van der Waals surface area contributed by atoms with Crippen molar-refractivity contribution in [2.45, 2.75) is 32.5 Å². The van der Waals surface area contributed by atoms with E-state index in [-0.39, 0.29) is 24.2 Å². The molecule has 0 unspecified atom stereocenters. The Labute approximate surface area is 137 Å². The number of rotatable bonds is 1. The highest BCUT2D eigenvalue weighted by Crippen LogP contribution is 2.25. The lowest BCUT2D eigenvalue weighted by Crippen LogP contribution is -2.63. The van der Waals surface area contributed by atoms with Crippen molar-refractivity contribution in [2.75, 3.05) is 20.1 Å². The first kappa shape index (κ1) is 16.8. The number of nitrogens with one attached hydrogen (secondary N) is 1. The number of amides is 2. The Bertz CT molecular complexity index is 615. The first-order valence-corrected chi connectivity index (χ1v) is 7.31. The Balaban J connectivity index is 0.00000176. The van der Waals surface area contributed by atoms with Crippen LogP contribution in [0.3, 0.4) is 0 Å². The highest BCUT2D eigenvalue weighted by atomic mass is 35.5. The highest BCUT2D eigenvalue weighted by molar-refractivity contribution is 5.99. The summed E-state index contributed by atoms with van der Waals surface area (Å²) in [6.45, 7) is 6.46. The first-order chi connectivity index (χ1) is 9.91. The standard InChI is InChI=1S/C16H21N3O2.ClH/c1-16(2)15(21)18(3)6-7-19(16)14(20)11-4-5-12-9-17-10-13(12)8-11;/h4-5,8,17H,6-7,9-10H2,1-3H3;1H. The van der Waals surface area contributed by atoms with Gasteiger partial charge in [0.05, 0.1) is 0 Å². The van der Waals surface area contributed by atoms with Crippen LogP contribution in [0.15, 0.2) is 18.2 Å². The number of halogens is 1. The molecule has 1 N–H and O–H groups in total. The second kappa shape index (κ2) is 5.89. The molecule has 0 bridgehead atoms. The van der Waals surface area contributed by atoms with Crippen LogP contribution < -0.4 is 5.32 Å². The molecule has 0 spiro atoms. The molecule has 2 aliphatic rings. The number of hydrogen-bond acceptors (Lipinski definition) is 3. The van der Waals surface area contributed by atoms with E-state index in [9.17, 15) is 9.59 Å². The quantitative estimate of drug-likeness (QED) is 0.850. The Kier molecular flexibility index (Phi) is 4.49. The number of hydrogen-bond donors (Lipinski definition) is 1. The van der Waals surface area contributed by atoms with Gasteiger partial charge in [-0.3, -0.25) is 9.59 Å². The van der Waals surface area contributed by atoms with Gasteiger partial charge in [0.2, 0.25) is 5.91 Å². The molecule has 5 nitrogen and oxygen atoms in total. The number of benzene rings is 1. The monoisotopic (exact) mass is 323 g/mol. The average molecular weight is 324 g/mol. The van der Waals surface area contributed by atoms with Crippen molar-refractivity contribution in [3.8, 4) is 0 Å². The fourth-order valence-electron chi connectivity index (χ4n) is 3.15. The van der Waals surface area contributed by atoms with Gasteiger partial charge in [0, 0.05) is 38.8 Å². The molecule has 3 rings (SSSR count). The van der Waals surface area contributed by atoms with Crippen LogP contribution in [0.5, 0.6) is 0 Å². The van der Waals surface area contributed by atoms with Crippen molar-refractivity contribution in [1.29, 1.82) is 0 Å². The van der Waals surface area contributed by atoms with E-state index in [1.54, 1.807) is 16.8 Å². The fourth-order valence-corrected chi connectivity index (χ4v) is 3.15. The zero-order valence-electron chi connectivity index (χ0n) is 13.2. The van der Waals surface area contributed by atoms with Crippen LogP contribution in [0, 0.1) is 0 Å². The third kappa shape index (κ3) is 2.59. The van der Waals surface area contributed by atoms with Gasteiger partial charge in [0.1, 0.15) is 5.54 Å². The first-order valence-electron chi connectivity index (χ1n) is 7.31. The summed E-state index contributed by atoms with van der Waals surface area (Å²) < 4.78 is 0. The lowest BCUT2D eigenvalue weighted by molar-refractivity contribution is -0.144. The van der Waals surface area contributed by atoms with Crippen molar-refractivity contribution >= 4 is 24.2 Å².